The molecule has 140 valence electrons. The van der Waals surface area contributed by atoms with Crippen LogP contribution in [0.25, 0.3) is 10.9 Å². The molecule has 0 amide bonds. The summed E-state index contributed by atoms with van der Waals surface area (Å²) in [5, 5.41) is 7.82. The van der Waals surface area contributed by atoms with Crippen LogP contribution in [0.1, 0.15) is 17.9 Å². The highest BCUT2D eigenvalue weighted by Crippen LogP contribution is 2.14. The number of aliphatic imine (C=N–C) groups is 1. The molecule has 0 spiro atoms. The molecule has 6 nitrogen and oxygen atoms in total. The minimum atomic E-state index is 0. The van der Waals surface area contributed by atoms with Gasteiger partial charge >= 0.3 is 0 Å². The molecule has 0 aliphatic carbocycles. The molecule has 0 saturated carbocycles. The van der Waals surface area contributed by atoms with E-state index in [-0.39, 0.29) is 24.0 Å². The molecule has 3 aromatic rings. The molecule has 3 rings (SSSR count). The first kappa shape index (κ1) is 20.3. The number of furan rings is 1. The number of nitrogens with one attached hydrogen (secondary N) is 3. The molecule has 2 heterocycles. The number of para-hydroxylation sites is 1. The van der Waals surface area contributed by atoms with Crippen LogP contribution in [-0.4, -0.2) is 31.1 Å². The van der Waals surface area contributed by atoms with E-state index in [0.29, 0.717) is 19.8 Å². The van der Waals surface area contributed by atoms with Gasteiger partial charge in [0.1, 0.15) is 12.4 Å². The van der Waals surface area contributed by atoms with Crippen LogP contribution in [0.4, 0.5) is 0 Å². The summed E-state index contributed by atoms with van der Waals surface area (Å²) in [5.41, 5.74) is 2.28. The maximum atomic E-state index is 5.56. The van der Waals surface area contributed by atoms with Crippen molar-refractivity contribution in [3.05, 3.63) is 60.2 Å². The molecule has 0 unspecified atom stereocenters. The van der Waals surface area contributed by atoms with Gasteiger partial charge in [-0.25, -0.2) is 0 Å². The van der Waals surface area contributed by atoms with E-state index in [4.69, 9.17) is 9.15 Å². The van der Waals surface area contributed by atoms with Gasteiger partial charge < -0.3 is 24.8 Å². The Morgan fingerprint density at radius 1 is 1.19 bits per heavy atom. The smallest absolute Gasteiger partial charge is 0.191 e. The maximum Gasteiger partial charge on any atom is 0.191 e. The highest BCUT2D eigenvalue weighted by molar-refractivity contribution is 14.0. The predicted molar refractivity (Wildman–Crippen MR) is 115 cm³/mol. The SMILES string of the molecule is CN=C(NCCCOCc1ccco1)NCc1cc2ccccc2[nH]1.I. The molecule has 1 aromatic carbocycles. The quantitative estimate of drug-likeness (QED) is 0.204. The number of guanidine groups is 1. The van der Waals surface area contributed by atoms with Gasteiger partial charge in [0.15, 0.2) is 5.96 Å². The molecule has 7 heteroatoms. The maximum absolute atomic E-state index is 5.56. The van der Waals surface area contributed by atoms with Gasteiger partial charge in [-0.1, -0.05) is 18.2 Å². The molecule has 2 aromatic heterocycles. The second-order valence-electron chi connectivity index (χ2n) is 5.72. The molecular weight excluding hydrogens is 443 g/mol. The number of ether oxygens (including phenoxy) is 1. The standard InChI is InChI=1S/C19H24N4O2.HI/c1-20-19(21-9-5-10-24-14-17-7-4-11-25-17)22-13-16-12-15-6-2-3-8-18(15)23-16;/h2-4,6-8,11-12,23H,5,9-10,13-14H2,1H3,(H2,20,21,22);1H. The van der Waals surface area contributed by atoms with Gasteiger partial charge in [-0.05, 0) is 36.1 Å². The summed E-state index contributed by atoms with van der Waals surface area (Å²) in [4.78, 5) is 7.64. The average Bonchev–Trinajstić information content (AvgIpc) is 3.29. The Morgan fingerprint density at radius 2 is 2.08 bits per heavy atom. The monoisotopic (exact) mass is 468 g/mol. The van der Waals surface area contributed by atoms with Crippen LogP contribution in [-0.2, 0) is 17.9 Å². The van der Waals surface area contributed by atoms with Crippen molar-refractivity contribution in [2.45, 2.75) is 19.6 Å². The summed E-state index contributed by atoms with van der Waals surface area (Å²) in [5.74, 6) is 1.63. The number of nitrogens with zero attached hydrogens (tertiary/aromatic N) is 1. The number of benzene rings is 1. The molecule has 0 fully saturated rings. The van der Waals surface area contributed by atoms with E-state index in [1.54, 1.807) is 13.3 Å². The number of H-pyrrole nitrogens is 1. The lowest BCUT2D eigenvalue weighted by atomic mass is 10.2. The summed E-state index contributed by atoms with van der Waals surface area (Å²) in [6.07, 6.45) is 2.55. The Balaban J connectivity index is 0.00000243. The summed E-state index contributed by atoms with van der Waals surface area (Å²) < 4.78 is 10.8. The van der Waals surface area contributed by atoms with Crippen molar-refractivity contribution < 1.29 is 9.15 Å². The van der Waals surface area contributed by atoms with Gasteiger partial charge in [0, 0.05) is 31.4 Å². The number of halogens is 1. The van der Waals surface area contributed by atoms with Crippen molar-refractivity contribution in [3.63, 3.8) is 0 Å². The van der Waals surface area contributed by atoms with Crippen molar-refractivity contribution in [3.8, 4) is 0 Å². The van der Waals surface area contributed by atoms with Gasteiger partial charge in [-0.3, -0.25) is 4.99 Å². The number of rotatable bonds is 8. The van der Waals surface area contributed by atoms with Gasteiger partial charge in [0.05, 0.1) is 12.8 Å². The molecular formula is C19H25IN4O2. The predicted octanol–water partition coefficient (Wildman–Crippen LogP) is 3.65. The summed E-state index contributed by atoms with van der Waals surface area (Å²) in [6.45, 7) is 2.68. The van der Waals surface area contributed by atoms with E-state index in [1.165, 1.54) is 5.39 Å². The lowest BCUT2D eigenvalue weighted by Gasteiger charge is -2.11. The highest BCUT2D eigenvalue weighted by Gasteiger charge is 2.02. The first-order valence-electron chi connectivity index (χ1n) is 8.46. The first-order chi connectivity index (χ1) is 12.3. The summed E-state index contributed by atoms with van der Waals surface area (Å²) in [7, 11) is 1.77. The van der Waals surface area contributed by atoms with E-state index in [2.05, 4.69) is 38.8 Å². The third kappa shape index (κ3) is 6.06. The van der Waals surface area contributed by atoms with Crippen LogP contribution in [0.5, 0.6) is 0 Å². The fourth-order valence-corrected chi connectivity index (χ4v) is 2.58. The normalized spacial score (nSPS) is 11.3. The Bertz CT molecular complexity index is 766. The molecule has 0 radical (unpaired) electrons. The van der Waals surface area contributed by atoms with E-state index in [1.807, 2.05) is 24.3 Å². The second-order valence-corrected chi connectivity index (χ2v) is 5.72. The Morgan fingerprint density at radius 3 is 2.85 bits per heavy atom. The van der Waals surface area contributed by atoms with Crippen LogP contribution in [0, 0.1) is 0 Å². The Kier molecular flexibility index (Phi) is 8.49. The topological polar surface area (TPSA) is 74.6 Å². The van der Waals surface area contributed by atoms with Crippen LogP contribution < -0.4 is 10.6 Å². The molecule has 3 N–H and O–H groups in total. The first-order valence-corrected chi connectivity index (χ1v) is 8.46. The number of hydrogen-bond donors (Lipinski definition) is 3. The number of aromatic amines is 1. The van der Waals surface area contributed by atoms with E-state index in [0.717, 1.165) is 35.9 Å². The molecule has 0 aliphatic rings. The van der Waals surface area contributed by atoms with Crippen molar-refractivity contribution >= 4 is 40.8 Å². The van der Waals surface area contributed by atoms with E-state index >= 15 is 0 Å². The number of aromatic nitrogens is 1. The molecule has 0 aliphatic heterocycles. The molecule has 26 heavy (non-hydrogen) atoms. The van der Waals surface area contributed by atoms with Crippen LogP contribution in [0.15, 0.2) is 58.1 Å². The second kappa shape index (κ2) is 10.9. The largest absolute Gasteiger partial charge is 0.467 e. The Hall–Kier alpha value is -2.00. The Labute approximate surface area is 170 Å². The number of fused-ring (bicyclic) bond motifs is 1. The van der Waals surface area contributed by atoms with E-state index < -0.39 is 0 Å². The fraction of sp³-hybridized carbons (Fsp3) is 0.316. The zero-order chi connectivity index (χ0) is 17.3. The van der Waals surface area contributed by atoms with Gasteiger partial charge in [-0.15, -0.1) is 24.0 Å². The minimum absolute atomic E-state index is 0. The van der Waals surface area contributed by atoms with Crippen molar-refractivity contribution in [2.24, 2.45) is 4.99 Å². The van der Waals surface area contributed by atoms with Gasteiger partial charge in [0.2, 0.25) is 0 Å². The summed E-state index contributed by atoms with van der Waals surface area (Å²) in [6, 6.07) is 14.2. The van der Waals surface area contributed by atoms with Gasteiger partial charge in [0.25, 0.3) is 0 Å². The molecule has 0 atom stereocenters. The number of hydrogen-bond acceptors (Lipinski definition) is 3. The van der Waals surface area contributed by atoms with Crippen molar-refractivity contribution in [2.75, 3.05) is 20.2 Å². The molecule has 0 saturated heterocycles. The van der Waals surface area contributed by atoms with Crippen molar-refractivity contribution in [1.82, 2.24) is 15.6 Å². The lowest BCUT2D eigenvalue weighted by Crippen LogP contribution is -2.37. The average molecular weight is 468 g/mol. The summed E-state index contributed by atoms with van der Waals surface area (Å²) >= 11 is 0. The van der Waals surface area contributed by atoms with E-state index in [9.17, 15) is 0 Å². The highest BCUT2D eigenvalue weighted by atomic mass is 127. The van der Waals surface area contributed by atoms with Gasteiger partial charge in [-0.2, -0.15) is 0 Å². The van der Waals surface area contributed by atoms with Crippen LogP contribution in [0.3, 0.4) is 0 Å². The zero-order valence-electron chi connectivity index (χ0n) is 14.8. The fourth-order valence-electron chi connectivity index (χ4n) is 2.58. The zero-order valence-corrected chi connectivity index (χ0v) is 17.2. The molecule has 0 bridgehead atoms. The minimum Gasteiger partial charge on any atom is -0.467 e. The third-order valence-electron chi connectivity index (χ3n) is 3.84. The van der Waals surface area contributed by atoms with Crippen molar-refractivity contribution in [1.29, 1.82) is 0 Å². The third-order valence-corrected chi connectivity index (χ3v) is 3.84. The van der Waals surface area contributed by atoms with Crippen LogP contribution >= 0.6 is 24.0 Å². The van der Waals surface area contributed by atoms with Crippen LogP contribution in [0.2, 0.25) is 0 Å². The lowest BCUT2D eigenvalue weighted by molar-refractivity contribution is 0.105.